The van der Waals surface area contributed by atoms with Crippen molar-refractivity contribution < 1.29 is 27.1 Å². The molecule has 1 amide bonds. The lowest BCUT2D eigenvalue weighted by Crippen LogP contribution is -2.59. The summed E-state index contributed by atoms with van der Waals surface area (Å²) in [5, 5.41) is -0.712. The van der Waals surface area contributed by atoms with Crippen LogP contribution in [-0.4, -0.2) is 66.5 Å². The van der Waals surface area contributed by atoms with E-state index in [1.807, 2.05) is 43.6 Å². The van der Waals surface area contributed by atoms with E-state index in [9.17, 15) is 13.2 Å². The number of ether oxygens (including phenoxy) is 2. The van der Waals surface area contributed by atoms with Gasteiger partial charge in [0.05, 0.1) is 21.5 Å². The second-order valence-electron chi connectivity index (χ2n) is 14.2. The van der Waals surface area contributed by atoms with E-state index in [-0.39, 0.29) is 39.0 Å². The molecule has 8 nitrogen and oxygen atoms in total. The molecule has 8 rings (SSSR count). The highest BCUT2D eigenvalue weighted by molar-refractivity contribution is 8.17. The zero-order valence-electron chi connectivity index (χ0n) is 28.3. The van der Waals surface area contributed by atoms with Crippen molar-refractivity contribution in [2.75, 3.05) is 36.7 Å². The van der Waals surface area contributed by atoms with Gasteiger partial charge in [0.1, 0.15) is 17.1 Å². The number of fused-ring (bicyclic) bond motifs is 5. The number of nitrogens with one attached hydrogen (secondary N) is 1. The summed E-state index contributed by atoms with van der Waals surface area (Å²) in [5.74, 6) is 2.22. The van der Waals surface area contributed by atoms with Crippen LogP contribution in [0.3, 0.4) is 0 Å². The molecule has 6 atom stereocenters. The Balaban J connectivity index is 1.38. The van der Waals surface area contributed by atoms with Crippen molar-refractivity contribution in [1.29, 1.82) is 0 Å². The maximum absolute atomic E-state index is 15.6. The van der Waals surface area contributed by atoms with Gasteiger partial charge in [-0.05, 0) is 122 Å². The van der Waals surface area contributed by atoms with Crippen LogP contribution in [0.25, 0.3) is 0 Å². The molecule has 5 heterocycles. The minimum atomic E-state index is -4.03. The van der Waals surface area contributed by atoms with Crippen LogP contribution >= 0.6 is 35.1 Å². The van der Waals surface area contributed by atoms with E-state index in [2.05, 4.69) is 15.7 Å². The second-order valence-corrected chi connectivity index (χ2v) is 19.3. The third-order valence-corrected chi connectivity index (χ3v) is 16.9. The Kier molecular flexibility index (Phi) is 10.3. The summed E-state index contributed by atoms with van der Waals surface area (Å²) in [6.45, 7) is 4.93. The van der Waals surface area contributed by atoms with Crippen LogP contribution in [0, 0.1) is 29.5 Å². The predicted molar refractivity (Wildman–Crippen MR) is 196 cm³/mol. The van der Waals surface area contributed by atoms with Gasteiger partial charge in [-0.3, -0.25) is 4.79 Å². The van der Waals surface area contributed by atoms with Crippen molar-refractivity contribution >= 4 is 56.9 Å². The number of hydrogen-bond acceptors (Lipinski definition) is 9. The number of rotatable bonds is 2. The highest BCUT2D eigenvalue weighted by Gasteiger charge is 2.58. The number of carbonyl (C=O) groups is 1. The maximum Gasteiger partial charge on any atom is 0.283 e. The van der Waals surface area contributed by atoms with Gasteiger partial charge in [0.25, 0.3) is 5.91 Å². The molecule has 2 fully saturated rings. The van der Waals surface area contributed by atoms with Crippen LogP contribution in [0.15, 0.2) is 35.9 Å². The first-order chi connectivity index (χ1) is 23.5. The van der Waals surface area contributed by atoms with E-state index in [0.717, 1.165) is 49.2 Å². The van der Waals surface area contributed by atoms with Crippen molar-refractivity contribution in [2.24, 2.45) is 23.7 Å². The molecule has 0 radical (unpaired) electrons. The van der Waals surface area contributed by atoms with Crippen molar-refractivity contribution in [3.05, 3.63) is 63.6 Å². The molecule has 0 unspecified atom stereocenters. The third kappa shape index (κ3) is 6.51. The number of nitrogens with zero attached hydrogens (tertiary/aromatic N) is 2. The molecule has 1 aromatic carbocycles. The van der Waals surface area contributed by atoms with Crippen LogP contribution in [0.5, 0.6) is 5.75 Å². The second kappa shape index (κ2) is 14.2. The van der Waals surface area contributed by atoms with Gasteiger partial charge in [0.15, 0.2) is 11.6 Å². The van der Waals surface area contributed by atoms with Crippen LogP contribution in [0.4, 0.5) is 10.2 Å². The average Bonchev–Trinajstić information content (AvgIpc) is 3.09. The molecule has 2 aromatic rings. The SMILES string of the molecule is CO[C@@]1(C2SCCCS2)C2=C[C@@H](C2)[C@H](C)[C@@H](C)S(=O)(=O)NC(=O)c2ccc3c(n2)N(Cc2ccc(Cl)c(F)c2CCCCO3)C[C@@H]2CC[C@H]21. The molecular formula is C36H45ClFN3O5S3. The summed E-state index contributed by atoms with van der Waals surface area (Å²) >= 11 is 10.2. The van der Waals surface area contributed by atoms with Crippen LogP contribution in [0.1, 0.15) is 74.0 Å². The molecule has 13 heteroatoms. The summed E-state index contributed by atoms with van der Waals surface area (Å²) in [5.41, 5.74) is 2.14. The normalized spacial score (nSPS) is 32.1. The fourth-order valence-electron chi connectivity index (χ4n) is 8.29. The van der Waals surface area contributed by atoms with Gasteiger partial charge in [0.2, 0.25) is 10.0 Å². The number of pyridine rings is 1. The van der Waals surface area contributed by atoms with Crippen LogP contribution < -0.4 is 14.4 Å². The highest BCUT2D eigenvalue weighted by Crippen LogP contribution is 2.59. The Morgan fingerprint density at radius 1 is 1.12 bits per heavy atom. The minimum absolute atomic E-state index is 0.0162. The van der Waals surface area contributed by atoms with E-state index >= 15 is 4.39 Å². The van der Waals surface area contributed by atoms with Gasteiger partial charge in [-0.15, -0.1) is 23.5 Å². The van der Waals surface area contributed by atoms with Crippen molar-refractivity contribution in [2.45, 2.75) is 80.8 Å². The van der Waals surface area contributed by atoms with E-state index in [4.69, 9.17) is 26.1 Å². The zero-order chi connectivity index (χ0) is 34.5. The number of allylic oxidation sites excluding steroid dienone is 1. The number of methoxy groups -OCH3 is 1. The number of amides is 1. The number of benzene rings is 1. The van der Waals surface area contributed by atoms with E-state index in [0.29, 0.717) is 49.7 Å². The Labute approximate surface area is 302 Å². The molecule has 1 saturated heterocycles. The van der Waals surface area contributed by atoms with Gasteiger partial charge in [-0.1, -0.05) is 30.7 Å². The van der Waals surface area contributed by atoms with Gasteiger partial charge >= 0.3 is 0 Å². The molecule has 1 N–H and O–H groups in total. The summed E-state index contributed by atoms with van der Waals surface area (Å²) in [6.07, 6.45) is 8.13. The molecule has 4 bridgehead atoms. The number of aromatic nitrogens is 1. The molecule has 266 valence electrons. The quantitative estimate of drug-likeness (QED) is 0.319. The zero-order valence-corrected chi connectivity index (χ0v) is 31.5. The van der Waals surface area contributed by atoms with Gasteiger partial charge in [0, 0.05) is 20.2 Å². The number of halogens is 2. The lowest BCUT2D eigenvalue weighted by atomic mass is 9.58. The first-order valence-corrected chi connectivity index (χ1v) is 21.5. The molecule has 0 spiro atoms. The van der Waals surface area contributed by atoms with E-state index in [1.54, 1.807) is 19.1 Å². The smallest absolute Gasteiger partial charge is 0.283 e. The summed E-state index contributed by atoms with van der Waals surface area (Å²) in [7, 11) is -2.18. The molecule has 1 saturated carbocycles. The Morgan fingerprint density at radius 3 is 2.61 bits per heavy atom. The molecular weight excluding hydrogens is 705 g/mol. The number of carbonyl (C=O) groups excluding carboxylic acids is 1. The summed E-state index contributed by atoms with van der Waals surface area (Å²) in [6, 6.07) is 6.72. The highest BCUT2D eigenvalue weighted by atomic mass is 35.5. The van der Waals surface area contributed by atoms with Crippen LogP contribution in [-0.2, 0) is 27.7 Å². The summed E-state index contributed by atoms with van der Waals surface area (Å²) in [4.78, 5) is 20.5. The monoisotopic (exact) mass is 749 g/mol. The number of anilines is 1. The third-order valence-electron chi connectivity index (χ3n) is 11.6. The first kappa shape index (κ1) is 35.4. The van der Waals surface area contributed by atoms with Crippen molar-refractivity contribution in [3.63, 3.8) is 0 Å². The van der Waals surface area contributed by atoms with Gasteiger partial charge < -0.3 is 14.4 Å². The van der Waals surface area contributed by atoms with Gasteiger partial charge in [-0.25, -0.2) is 22.5 Å². The average molecular weight is 750 g/mol. The van der Waals surface area contributed by atoms with Crippen LogP contribution in [0.2, 0.25) is 5.02 Å². The first-order valence-electron chi connectivity index (χ1n) is 17.4. The molecule has 4 aliphatic heterocycles. The molecule has 1 aromatic heterocycles. The summed E-state index contributed by atoms with van der Waals surface area (Å²) < 4.78 is 58.4. The Hall–Kier alpha value is -1.99. The predicted octanol–water partition coefficient (Wildman–Crippen LogP) is 7.25. The fraction of sp³-hybridized carbons (Fsp3) is 0.611. The maximum atomic E-state index is 15.6. The van der Waals surface area contributed by atoms with Gasteiger partial charge in [-0.2, -0.15) is 0 Å². The number of hydrogen-bond donors (Lipinski definition) is 1. The lowest BCUT2D eigenvalue weighted by Gasteiger charge is -2.57. The number of thioether (sulfide) groups is 2. The number of sulfonamides is 1. The van der Waals surface area contributed by atoms with E-state index < -0.39 is 32.6 Å². The van der Waals surface area contributed by atoms with Crippen molar-refractivity contribution in [1.82, 2.24) is 9.71 Å². The Morgan fingerprint density at radius 2 is 1.90 bits per heavy atom. The molecule has 49 heavy (non-hydrogen) atoms. The largest absolute Gasteiger partial charge is 0.490 e. The minimum Gasteiger partial charge on any atom is -0.490 e. The Bertz CT molecular complexity index is 1740. The lowest BCUT2D eigenvalue weighted by molar-refractivity contribution is -0.0783. The molecule has 2 aliphatic carbocycles. The fourth-order valence-corrected chi connectivity index (χ4v) is 13.3. The standard InChI is InChI=1S/C36H45ClFN3O5S3/c1-21-22(2)49(43,44)40-34(42)30-12-13-31-33(39-30)41(19-23-9-11-29(37)32(38)27(23)7-4-5-14-46-31)20-24-8-10-28(24)36(45-3,26-17-25(21)18-26)35-47-15-6-16-48-35/h9,11-13,17,21-22,24-25,28,35H,4-8,10,14-16,18-20H2,1-3H3,(H,40,42)/t21-,22-,24+,25+,28-,36+/m1/s1. The van der Waals surface area contributed by atoms with Crippen molar-refractivity contribution in [3.8, 4) is 5.75 Å². The molecule has 6 aliphatic rings. The topological polar surface area (TPSA) is 97.8 Å². The van der Waals surface area contributed by atoms with E-state index in [1.165, 1.54) is 11.6 Å².